The van der Waals surface area contributed by atoms with E-state index in [1.807, 2.05) is 48.0 Å². The normalized spacial score (nSPS) is 11.2. The number of hydrogen-bond donors (Lipinski definition) is 1. The Kier molecular flexibility index (Phi) is 6.41. The van der Waals surface area contributed by atoms with Gasteiger partial charge in [-0.2, -0.15) is 0 Å². The van der Waals surface area contributed by atoms with Gasteiger partial charge in [0, 0.05) is 24.6 Å². The van der Waals surface area contributed by atoms with E-state index in [0.717, 1.165) is 27.4 Å². The molecular weight excluding hydrogens is 404 g/mol. The number of aryl methyl sites for hydroxylation is 1. The lowest BCUT2D eigenvalue weighted by molar-refractivity contribution is -0.119. The fourth-order valence-electron chi connectivity index (χ4n) is 2.96. The molecule has 2 aromatic carbocycles. The zero-order valence-electron chi connectivity index (χ0n) is 17.1. The Morgan fingerprint density at radius 1 is 1.20 bits per heavy atom. The topological polar surface area (TPSA) is 93.5 Å². The number of rotatable bonds is 8. The van der Waals surface area contributed by atoms with Gasteiger partial charge in [-0.15, -0.1) is 0 Å². The molecular formula is C21H24N4O4S. The van der Waals surface area contributed by atoms with E-state index in [9.17, 15) is 13.2 Å². The summed E-state index contributed by atoms with van der Waals surface area (Å²) in [5, 5.41) is 2.77. The summed E-state index contributed by atoms with van der Waals surface area (Å²) >= 11 is 0. The lowest BCUT2D eigenvalue weighted by atomic mass is 10.2. The van der Waals surface area contributed by atoms with Crippen molar-refractivity contribution < 1.29 is 17.9 Å². The van der Waals surface area contributed by atoms with Crippen LogP contribution < -0.4 is 14.4 Å². The number of imidazole rings is 1. The summed E-state index contributed by atoms with van der Waals surface area (Å²) in [4.78, 5) is 16.5. The predicted molar refractivity (Wildman–Crippen MR) is 115 cm³/mol. The van der Waals surface area contributed by atoms with Crippen LogP contribution in [0, 0.1) is 6.92 Å². The van der Waals surface area contributed by atoms with Crippen LogP contribution in [0.1, 0.15) is 11.1 Å². The smallest absolute Gasteiger partial charge is 0.241 e. The number of nitrogens with zero attached hydrogens (tertiary/aromatic N) is 3. The SMILES string of the molecule is COc1ccc(C)cc1N(CC(=O)NCc1ccc(-n2ccnc2)cc1)S(C)(=O)=O. The summed E-state index contributed by atoms with van der Waals surface area (Å²) in [7, 11) is -2.23. The summed E-state index contributed by atoms with van der Waals surface area (Å²) in [6, 6.07) is 12.8. The van der Waals surface area contributed by atoms with Crippen molar-refractivity contribution >= 4 is 21.6 Å². The molecule has 9 heteroatoms. The predicted octanol–water partition coefficient (Wildman–Crippen LogP) is 2.27. The zero-order chi connectivity index (χ0) is 21.7. The molecule has 0 aliphatic rings. The molecule has 1 N–H and O–H groups in total. The highest BCUT2D eigenvalue weighted by Crippen LogP contribution is 2.30. The van der Waals surface area contributed by atoms with Crippen LogP contribution in [0.4, 0.5) is 5.69 Å². The first-order valence-electron chi connectivity index (χ1n) is 9.24. The Balaban J connectivity index is 1.69. The lowest BCUT2D eigenvalue weighted by Gasteiger charge is -2.24. The molecule has 0 aliphatic heterocycles. The molecule has 1 amide bonds. The van der Waals surface area contributed by atoms with Gasteiger partial charge < -0.3 is 14.6 Å². The molecule has 0 radical (unpaired) electrons. The van der Waals surface area contributed by atoms with Crippen LogP contribution in [0.15, 0.2) is 61.2 Å². The van der Waals surface area contributed by atoms with Crippen molar-refractivity contribution in [1.29, 1.82) is 0 Å². The number of benzene rings is 2. The number of methoxy groups -OCH3 is 1. The first kappa shape index (κ1) is 21.4. The second-order valence-corrected chi connectivity index (χ2v) is 8.76. The molecule has 1 aromatic heterocycles. The maximum absolute atomic E-state index is 12.5. The number of sulfonamides is 1. The molecule has 0 saturated carbocycles. The number of carbonyl (C=O) groups is 1. The van der Waals surface area contributed by atoms with Gasteiger partial charge in [-0.05, 0) is 42.3 Å². The number of hydrogen-bond acceptors (Lipinski definition) is 5. The largest absolute Gasteiger partial charge is 0.495 e. The van der Waals surface area contributed by atoms with E-state index in [1.165, 1.54) is 7.11 Å². The molecule has 0 unspecified atom stereocenters. The summed E-state index contributed by atoms with van der Waals surface area (Å²) in [6.07, 6.45) is 6.31. The van der Waals surface area contributed by atoms with Crippen molar-refractivity contribution in [2.24, 2.45) is 0 Å². The van der Waals surface area contributed by atoms with Gasteiger partial charge in [-0.3, -0.25) is 9.10 Å². The lowest BCUT2D eigenvalue weighted by Crippen LogP contribution is -2.40. The zero-order valence-corrected chi connectivity index (χ0v) is 17.9. The van der Waals surface area contributed by atoms with E-state index >= 15 is 0 Å². The Morgan fingerprint density at radius 2 is 1.93 bits per heavy atom. The van der Waals surface area contributed by atoms with Gasteiger partial charge in [-0.1, -0.05) is 18.2 Å². The van der Waals surface area contributed by atoms with E-state index < -0.39 is 15.9 Å². The highest BCUT2D eigenvalue weighted by Gasteiger charge is 2.24. The van der Waals surface area contributed by atoms with E-state index in [-0.39, 0.29) is 13.1 Å². The molecule has 0 bridgehead atoms. The molecule has 0 atom stereocenters. The molecule has 8 nitrogen and oxygen atoms in total. The second-order valence-electron chi connectivity index (χ2n) is 6.86. The third kappa shape index (κ3) is 5.18. The Labute approximate surface area is 176 Å². The van der Waals surface area contributed by atoms with Crippen molar-refractivity contribution in [1.82, 2.24) is 14.9 Å². The number of aromatic nitrogens is 2. The van der Waals surface area contributed by atoms with Crippen LogP contribution in [0.3, 0.4) is 0 Å². The van der Waals surface area contributed by atoms with Crippen molar-refractivity contribution in [3.8, 4) is 11.4 Å². The van der Waals surface area contributed by atoms with Gasteiger partial charge in [0.25, 0.3) is 0 Å². The minimum Gasteiger partial charge on any atom is -0.495 e. The summed E-state index contributed by atoms with van der Waals surface area (Å²) < 4.78 is 32.9. The van der Waals surface area contributed by atoms with E-state index in [1.54, 1.807) is 24.7 Å². The highest BCUT2D eigenvalue weighted by atomic mass is 32.2. The van der Waals surface area contributed by atoms with Gasteiger partial charge >= 0.3 is 0 Å². The van der Waals surface area contributed by atoms with Crippen LogP contribution >= 0.6 is 0 Å². The first-order valence-corrected chi connectivity index (χ1v) is 11.1. The van der Waals surface area contributed by atoms with Gasteiger partial charge in [0.05, 0.1) is 25.4 Å². The molecule has 0 saturated heterocycles. The van der Waals surface area contributed by atoms with Gasteiger partial charge in [0.1, 0.15) is 12.3 Å². The second kappa shape index (κ2) is 9.00. The average Bonchev–Trinajstić information content (AvgIpc) is 3.25. The molecule has 158 valence electrons. The van der Waals surface area contributed by atoms with E-state index in [0.29, 0.717) is 11.4 Å². The van der Waals surface area contributed by atoms with Crippen LogP contribution in [0.25, 0.3) is 5.69 Å². The fraction of sp³-hybridized carbons (Fsp3) is 0.238. The molecule has 0 aliphatic carbocycles. The maximum Gasteiger partial charge on any atom is 0.241 e. The average molecular weight is 429 g/mol. The first-order chi connectivity index (χ1) is 14.3. The Hall–Kier alpha value is -3.33. The van der Waals surface area contributed by atoms with Crippen molar-refractivity contribution in [2.45, 2.75) is 13.5 Å². The molecule has 0 fully saturated rings. The third-order valence-corrected chi connectivity index (χ3v) is 5.65. The molecule has 1 heterocycles. The minimum absolute atomic E-state index is 0.283. The van der Waals surface area contributed by atoms with Gasteiger partial charge in [-0.25, -0.2) is 13.4 Å². The van der Waals surface area contributed by atoms with Gasteiger partial charge in [0.2, 0.25) is 15.9 Å². The summed E-state index contributed by atoms with van der Waals surface area (Å²) in [6.45, 7) is 1.79. The van der Waals surface area contributed by atoms with Crippen LogP contribution in [0.2, 0.25) is 0 Å². The van der Waals surface area contributed by atoms with Crippen LogP contribution in [-0.2, 0) is 21.4 Å². The summed E-state index contributed by atoms with van der Waals surface area (Å²) in [5.74, 6) is -0.0309. The molecule has 30 heavy (non-hydrogen) atoms. The Bertz CT molecular complexity index is 1110. The monoisotopic (exact) mass is 428 g/mol. The van der Waals surface area contributed by atoms with Crippen molar-refractivity contribution in [3.63, 3.8) is 0 Å². The number of anilines is 1. The van der Waals surface area contributed by atoms with E-state index in [4.69, 9.17) is 4.74 Å². The van der Waals surface area contributed by atoms with Crippen LogP contribution in [-0.4, -0.2) is 43.8 Å². The molecule has 0 spiro atoms. The number of amides is 1. The quantitative estimate of drug-likeness (QED) is 0.594. The summed E-state index contributed by atoms with van der Waals surface area (Å²) in [5.41, 5.74) is 3.04. The van der Waals surface area contributed by atoms with Crippen molar-refractivity contribution in [2.75, 3.05) is 24.2 Å². The van der Waals surface area contributed by atoms with Crippen LogP contribution in [0.5, 0.6) is 5.75 Å². The van der Waals surface area contributed by atoms with Crippen molar-refractivity contribution in [3.05, 3.63) is 72.3 Å². The Morgan fingerprint density at radius 3 is 2.53 bits per heavy atom. The number of nitrogens with one attached hydrogen (secondary N) is 1. The minimum atomic E-state index is -3.69. The molecule has 3 rings (SSSR count). The standard InChI is InChI=1S/C21H24N4O4S/c1-16-4-9-20(29-2)19(12-16)25(30(3,27)28)14-21(26)23-13-17-5-7-18(8-6-17)24-11-10-22-15-24/h4-12,15H,13-14H2,1-3H3,(H,23,26). The third-order valence-electron chi connectivity index (χ3n) is 4.52. The number of carbonyl (C=O) groups excluding carboxylic acids is 1. The number of ether oxygens (including phenoxy) is 1. The maximum atomic E-state index is 12.5. The van der Waals surface area contributed by atoms with E-state index in [2.05, 4.69) is 10.3 Å². The fourth-order valence-corrected chi connectivity index (χ4v) is 3.81. The molecule has 3 aromatic rings. The van der Waals surface area contributed by atoms with Gasteiger partial charge in [0.15, 0.2) is 0 Å². The highest BCUT2D eigenvalue weighted by molar-refractivity contribution is 7.92.